The maximum absolute atomic E-state index is 13.8. The van der Waals surface area contributed by atoms with Gasteiger partial charge in [0, 0.05) is 4.90 Å². The van der Waals surface area contributed by atoms with Gasteiger partial charge in [0.15, 0.2) is 0 Å². The van der Waals surface area contributed by atoms with Crippen LogP contribution in [-0.4, -0.2) is 5.88 Å². The number of hydrogen-bond donors (Lipinski definition) is 0. The van der Waals surface area contributed by atoms with Crippen molar-refractivity contribution in [2.45, 2.75) is 4.90 Å². The van der Waals surface area contributed by atoms with Crippen molar-refractivity contribution in [2.24, 2.45) is 0 Å². The van der Waals surface area contributed by atoms with Crippen LogP contribution in [0, 0.1) is 0 Å². The van der Waals surface area contributed by atoms with Crippen LogP contribution in [0.4, 0.5) is 5.69 Å². The summed E-state index contributed by atoms with van der Waals surface area (Å²) in [6, 6.07) is 26.1. The summed E-state index contributed by atoms with van der Waals surface area (Å²) in [5.41, 5.74) is 0.864. The van der Waals surface area contributed by atoms with Gasteiger partial charge in [-0.05, 0) is 36.4 Å². The molecule has 0 aromatic heterocycles. The number of fused-ring (bicyclic) bond motifs is 1. The van der Waals surface area contributed by atoms with Crippen molar-refractivity contribution >= 4 is 25.2 Å². The molecule has 1 aliphatic rings. The zero-order valence-corrected chi connectivity index (χ0v) is 15.0. The van der Waals surface area contributed by atoms with Crippen molar-refractivity contribution in [3.63, 3.8) is 0 Å². The summed E-state index contributed by atoms with van der Waals surface area (Å²) in [6.07, 6.45) is 0. The molecule has 0 saturated carbocycles. The molecule has 0 saturated heterocycles. The van der Waals surface area contributed by atoms with E-state index in [0.717, 1.165) is 10.6 Å². The molecule has 0 spiro atoms. The fourth-order valence-corrected chi connectivity index (χ4v) is 5.70. The molecule has 4 nitrogen and oxygen atoms in total. The first kappa shape index (κ1) is 16.1. The summed E-state index contributed by atoms with van der Waals surface area (Å²) in [4.78, 5) is 1.07. The lowest BCUT2D eigenvalue weighted by Gasteiger charge is -2.28. The molecule has 0 N–H and O–H groups in total. The fourth-order valence-electron chi connectivity index (χ4n) is 2.54. The van der Waals surface area contributed by atoms with Gasteiger partial charge in [-0.2, -0.15) is 0 Å². The molecule has 6 heteroatoms. The van der Waals surface area contributed by atoms with Crippen LogP contribution < -0.4 is 13.7 Å². The summed E-state index contributed by atoms with van der Waals surface area (Å²) < 4.78 is 27.3. The first-order chi connectivity index (χ1) is 12.2. The zero-order chi connectivity index (χ0) is 17.1. The molecule has 126 valence electrons. The Kier molecular flexibility index (Phi) is 4.43. The highest BCUT2D eigenvalue weighted by Gasteiger charge is 2.41. The Bertz CT molecular complexity index is 859. The maximum atomic E-state index is 13.8. The molecular weight excluding hydrogens is 353 g/mol. The van der Waals surface area contributed by atoms with Gasteiger partial charge in [-0.1, -0.05) is 48.5 Å². The van der Waals surface area contributed by atoms with E-state index in [4.69, 9.17) is 9.05 Å². The van der Waals surface area contributed by atoms with E-state index in [0.29, 0.717) is 17.4 Å². The third-order valence-electron chi connectivity index (χ3n) is 3.71. The van der Waals surface area contributed by atoms with Crippen molar-refractivity contribution in [1.29, 1.82) is 0 Å². The molecule has 0 bridgehead atoms. The van der Waals surface area contributed by atoms with Crippen molar-refractivity contribution < 1.29 is 13.6 Å². The predicted octanol–water partition coefficient (Wildman–Crippen LogP) is 5.82. The van der Waals surface area contributed by atoms with Crippen LogP contribution in [0.5, 0.6) is 11.5 Å². The molecule has 0 unspecified atom stereocenters. The second-order valence-electron chi connectivity index (χ2n) is 5.42. The Labute approximate surface area is 151 Å². The molecule has 0 fully saturated rings. The van der Waals surface area contributed by atoms with Gasteiger partial charge in [-0.3, -0.25) is 0 Å². The third-order valence-corrected chi connectivity index (χ3v) is 6.78. The average molecular weight is 369 g/mol. The van der Waals surface area contributed by atoms with E-state index in [9.17, 15) is 4.57 Å². The van der Waals surface area contributed by atoms with Crippen molar-refractivity contribution in [2.75, 3.05) is 10.5 Å². The Morgan fingerprint density at radius 2 is 1.28 bits per heavy atom. The van der Waals surface area contributed by atoms with Crippen LogP contribution in [0.3, 0.4) is 0 Å². The number of benzene rings is 3. The van der Waals surface area contributed by atoms with Gasteiger partial charge in [0.25, 0.3) is 0 Å². The van der Waals surface area contributed by atoms with Crippen LogP contribution in [0.1, 0.15) is 0 Å². The Morgan fingerprint density at radius 3 is 1.88 bits per heavy atom. The van der Waals surface area contributed by atoms with E-state index in [1.54, 1.807) is 40.7 Å². The molecule has 3 aromatic rings. The van der Waals surface area contributed by atoms with Crippen LogP contribution in [-0.2, 0) is 4.57 Å². The van der Waals surface area contributed by atoms with Gasteiger partial charge in [0.05, 0.1) is 11.6 Å². The van der Waals surface area contributed by atoms with Gasteiger partial charge in [-0.25, -0.2) is 9.24 Å². The van der Waals surface area contributed by atoms with Gasteiger partial charge in [0.1, 0.15) is 11.5 Å². The molecule has 0 atom stereocenters. The van der Waals surface area contributed by atoms with Gasteiger partial charge >= 0.3 is 7.75 Å². The minimum atomic E-state index is -3.63. The Hall–Kier alpha value is -2.36. The van der Waals surface area contributed by atoms with E-state index >= 15 is 0 Å². The zero-order valence-electron chi connectivity index (χ0n) is 13.3. The normalized spacial score (nSPS) is 13.4. The van der Waals surface area contributed by atoms with E-state index < -0.39 is 7.75 Å². The fraction of sp³-hybridized carbons (Fsp3) is 0.0526. The largest absolute Gasteiger partial charge is 0.545 e. The van der Waals surface area contributed by atoms with Gasteiger partial charge in [0.2, 0.25) is 0 Å². The SMILES string of the molecule is O=P(Oc1ccccc1)(Oc1ccccc1)N1CSc2ccccc21. The second-order valence-corrected chi connectivity index (χ2v) is 8.19. The summed E-state index contributed by atoms with van der Waals surface area (Å²) in [5.74, 6) is 1.53. The minimum absolute atomic E-state index is 0.510. The monoisotopic (exact) mass is 369 g/mol. The van der Waals surface area contributed by atoms with Gasteiger partial charge < -0.3 is 9.05 Å². The van der Waals surface area contributed by atoms with Crippen LogP contribution in [0.25, 0.3) is 0 Å². The summed E-state index contributed by atoms with van der Waals surface area (Å²) in [7, 11) is -3.63. The summed E-state index contributed by atoms with van der Waals surface area (Å²) >= 11 is 1.62. The molecule has 25 heavy (non-hydrogen) atoms. The third kappa shape index (κ3) is 3.39. The molecule has 1 aliphatic heterocycles. The van der Waals surface area contributed by atoms with E-state index in [2.05, 4.69) is 0 Å². The van der Waals surface area contributed by atoms with Crippen LogP contribution in [0.15, 0.2) is 89.8 Å². The number of rotatable bonds is 5. The molecular formula is C19H16NO3PS. The topological polar surface area (TPSA) is 38.8 Å². The second kappa shape index (κ2) is 6.87. The highest BCUT2D eigenvalue weighted by Crippen LogP contribution is 2.58. The van der Waals surface area contributed by atoms with Crippen molar-refractivity contribution in [3.8, 4) is 11.5 Å². The number of hydrogen-bond acceptors (Lipinski definition) is 4. The van der Waals surface area contributed by atoms with E-state index in [-0.39, 0.29) is 0 Å². The molecule has 4 rings (SSSR count). The average Bonchev–Trinajstić information content (AvgIpc) is 3.08. The molecule has 0 aliphatic carbocycles. The highest BCUT2D eigenvalue weighted by molar-refractivity contribution is 8.00. The van der Waals surface area contributed by atoms with E-state index in [1.165, 1.54) is 0 Å². The van der Waals surface area contributed by atoms with Gasteiger partial charge in [-0.15, -0.1) is 11.8 Å². The van der Waals surface area contributed by atoms with Crippen molar-refractivity contribution in [3.05, 3.63) is 84.9 Å². The Morgan fingerprint density at radius 1 is 0.760 bits per heavy atom. The first-order valence-corrected chi connectivity index (χ1v) is 10.3. The van der Waals surface area contributed by atoms with Crippen LogP contribution >= 0.6 is 19.5 Å². The maximum Gasteiger partial charge on any atom is 0.545 e. The van der Waals surface area contributed by atoms with Crippen LogP contribution in [0.2, 0.25) is 0 Å². The molecule has 0 amide bonds. The molecule has 1 heterocycles. The minimum Gasteiger partial charge on any atom is -0.400 e. The number of anilines is 1. The Balaban J connectivity index is 1.72. The van der Waals surface area contributed by atoms with Crippen molar-refractivity contribution in [1.82, 2.24) is 0 Å². The molecule has 3 aromatic carbocycles. The highest BCUT2D eigenvalue weighted by atomic mass is 32.2. The lowest BCUT2D eigenvalue weighted by Crippen LogP contribution is -2.22. The lowest BCUT2D eigenvalue weighted by atomic mass is 10.3. The van der Waals surface area contributed by atoms with E-state index in [1.807, 2.05) is 60.7 Å². The lowest BCUT2D eigenvalue weighted by molar-refractivity contribution is 0.383. The molecule has 0 radical (unpaired) electrons. The summed E-state index contributed by atoms with van der Waals surface area (Å²) in [5, 5.41) is 0. The number of thioether (sulfide) groups is 1. The summed E-state index contributed by atoms with van der Waals surface area (Å²) in [6.45, 7) is 0. The first-order valence-electron chi connectivity index (χ1n) is 7.84. The number of para-hydroxylation sites is 3. The number of nitrogens with zero attached hydrogens (tertiary/aromatic N) is 1. The standard InChI is InChI=1S/C19H16NO3PS/c21-24(22-16-9-3-1-4-10-16,23-17-11-5-2-6-12-17)20-15-25-19-14-8-7-13-18(19)20/h1-14H,15H2. The predicted molar refractivity (Wildman–Crippen MR) is 101 cm³/mol. The quantitative estimate of drug-likeness (QED) is 0.530. The smallest absolute Gasteiger partial charge is 0.400 e.